The minimum atomic E-state index is -0.00597. The number of amides is 1. The van der Waals surface area contributed by atoms with Crippen molar-refractivity contribution in [3.8, 4) is 0 Å². The summed E-state index contributed by atoms with van der Waals surface area (Å²) >= 11 is 1.73. The molecule has 1 aliphatic heterocycles. The van der Waals surface area contributed by atoms with E-state index < -0.39 is 0 Å². The van der Waals surface area contributed by atoms with Crippen molar-refractivity contribution in [1.29, 1.82) is 0 Å². The molecule has 4 rings (SSSR count). The SMILES string of the molecule is CN1CCN(c2ccc(NC(=O)c3csc4c3CCCC4)cn2)CC1. The van der Waals surface area contributed by atoms with E-state index in [2.05, 4.69) is 27.1 Å². The number of pyridine rings is 1. The van der Waals surface area contributed by atoms with Crippen LogP contribution in [0.15, 0.2) is 23.7 Å². The van der Waals surface area contributed by atoms with E-state index in [-0.39, 0.29) is 5.91 Å². The third-order valence-electron chi connectivity index (χ3n) is 5.14. The van der Waals surface area contributed by atoms with E-state index in [9.17, 15) is 4.79 Å². The molecule has 0 saturated carbocycles. The normalized spacial score (nSPS) is 18.0. The Morgan fingerprint density at radius 1 is 1.16 bits per heavy atom. The summed E-state index contributed by atoms with van der Waals surface area (Å²) in [5.41, 5.74) is 2.87. The van der Waals surface area contributed by atoms with Crippen molar-refractivity contribution in [3.05, 3.63) is 39.7 Å². The van der Waals surface area contributed by atoms with Gasteiger partial charge >= 0.3 is 0 Å². The van der Waals surface area contributed by atoms with E-state index in [0.29, 0.717) is 0 Å². The number of aromatic nitrogens is 1. The molecule has 6 heteroatoms. The first-order valence-electron chi connectivity index (χ1n) is 9.01. The van der Waals surface area contributed by atoms with Crippen LogP contribution in [0, 0.1) is 0 Å². The molecule has 132 valence electrons. The zero-order chi connectivity index (χ0) is 17.2. The van der Waals surface area contributed by atoms with E-state index in [1.807, 2.05) is 17.5 Å². The average Bonchev–Trinajstić information content (AvgIpc) is 3.07. The van der Waals surface area contributed by atoms with Gasteiger partial charge < -0.3 is 15.1 Å². The van der Waals surface area contributed by atoms with Crippen molar-refractivity contribution in [2.45, 2.75) is 25.7 Å². The monoisotopic (exact) mass is 356 g/mol. The molecule has 2 aliphatic rings. The second-order valence-corrected chi connectivity index (χ2v) is 7.87. The van der Waals surface area contributed by atoms with E-state index in [1.165, 1.54) is 23.3 Å². The van der Waals surface area contributed by atoms with Crippen LogP contribution in [-0.4, -0.2) is 49.0 Å². The summed E-state index contributed by atoms with van der Waals surface area (Å²) in [6.45, 7) is 4.11. The lowest BCUT2D eigenvalue weighted by atomic mass is 9.95. The molecule has 0 spiro atoms. The number of hydrogen-bond acceptors (Lipinski definition) is 5. The molecule has 1 fully saturated rings. The Bertz CT molecular complexity index is 747. The summed E-state index contributed by atoms with van der Waals surface area (Å²) in [6.07, 6.45) is 6.35. The maximum atomic E-state index is 12.6. The molecule has 2 aromatic heterocycles. The molecule has 0 aromatic carbocycles. The van der Waals surface area contributed by atoms with Gasteiger partial charge in [0.25, 0.3) is 5.91 Å². The van der Waals surface area contributed by atoms with Crippen LogP contribution < -0.4 is 10.2 Å². The Morgan fingerprint density at radius 3 is 2.72 bits per heavy atom. The van der Waals surface area contributed by atoms with Gasteiger partial charge in [-0.25, -0.2) is 4.98 Å². The van der Waals surface area contributed by atoms with E-state index >= 15 is 0 Å². The number of aryl methyl sites for hydroxylation is 1. The number of nitrogens with one attached hydrogen (secondary N) is 1. The first-order chi connectivity index (χ1) is 12.2. The summed E-state index contributed by atoms with van der Waals surface area (Å²) in [5, 5.41) is 5.02. The number of thiophene rings is 1. The highest BCUT2D eigenvalue weighted by Gasteiger charge is 2.20. The van der Waals surface area contributed by atoms with Crippen molar-refractivity contribution >= 4 is 28.7 Å². The van der Waals surface area contributed by atoms with Crippen LogP contribution in [-0.2, 0) is 12.8 Å². The predicted octanol–water partition coefficient (Wildman–Crippen LogP) is 3.03. The fourth-order valence-electron chi connectivity index (χ4n) is 3.57. The van der Waals surface area contributed by atoms with Gasteiger partial charge in [-0.2, -0.15) is 0 Å². The van der Waals surface area contributed by atoms with Crippen molar-refractivity contribution in [3.63, 3.8) is 0 Å². The summed E-state index contributed by atoms with van der Waals surface area (Å²) < 4.78 is 0. The van der Waals surface area contributed by atoms with Gasteiger partial charge in [0.1, 0.15) is 5.82 Å². The summed E-state index contributed by atoms with van der Waals surface area (Å²) in [4.78, 5) is 23.2. The smallest absolute Gasteiger partial charge is 0.256 e. The molecule has 0 unspecified atom stereocenters. The van der Waals surface area contributed by atoms with Gasteiger partial charge in [0.2, 0.25) is 0 Å². The minimum absolute atomic E-state index is 0.00597. The Hall–Kier alpha value is -1.92. The quantitative estimate of drug-likeness (QED) is 0.918. The van der Waals surface area contributed by atoms with Gasteiger partial charge in [-0.15, -0.1) is 11.3 Å². The maximum absolute atomic E-state index is 12.6. The third-order valence-corrected chi connectivity index (χ3v) is 6.23. The highest BCUT2D eigenvalue weighted by atomic mass is 32.1. The third kappa shape index (κ3) is 3.55. The molecule has 3 heterocycles. The topological polar surface area (TPSA) is 48.5 Å². The second-order valence-electron chi connectivity index (χ2n) is 6.91. The molecule has 1 N–H and O–H groups in total. The fraction of sp³-hybridized carbons (Fsp3) is 0.474. The zero-order valence-electron chi connectivity index (χ0n) is 14.6. The lowest BCUT2D eigenvalue weighted by Crippen LogP contribution is -2.44. The van der Waals surface area contributed by atoms with Crippen molar-refractivity contribution in [2.24, 2.45) is 0 Å². The zero-order valence-corrected chi connectivity index (χ0v) is 15.4. The van der Waals surface area contributed by atoms with Crippen molar-refractivity contribution in [1.82, 2.24) is 9.88 Å². The second kappa shape index (κ2) is 7.14. The van der Waals surface area contributed by atoms with E-state index in [1.54, 1.807) is 17.5 Å². The number of fused-ring (bicyclic) bond motifs is 1. The molecule has 0 bridgehead atoms. The van der Waals surface area contributed by atoms with E-state index in [4.69, 9.17) is 0 Å². The first-order valence-corrected chi connectivity index (χ1v) is 9.89. The molecule has 5 nitrogen and oxygen atoms in total. The van der Waals surface area contributed by atoms with Crippen LogP contribution in [0.3, 0.4) is 0 Å². The number of carbonyl (C=O) groups excluding carboxylic acids is 1. The van der Waals surface area contributed by atoms with Crippen LogP contribution in [0.25, 0.3) is 0 Å². The minimum Gasteiger partial charge on any atom is -0.354 e. The van der Waals surface area contributed by atoms with Gasteiger partial charge in [0, 0.05) is 36.4 Å². The lowest BCUT2D eigenvalue weighted by molar-refractivity contribution is 0.102. The number of likely N-dealkylation sites (N-methyl/N-ethyl adjacent to an activating group) is 1. The molecular formula is C19H24N4OS. The average molecular weight is 356 g/mol. The van der Waals surface area contributed by atoms with Crippen LogP contribution in [0.2, 0.25) is 0 Å². The van der Waals surface area contributed by atoms with Crippen molar-refractivity contribution in [2.75, 3.05) is 43.4 Å². The van der Waals surface area contributed by atoms with Gasteiger partial charge in [-0.1, -0.05) is 0 Å². The number of hydrogen-bond donors (Lipinski definition) is 1. The Morgan fingerprint density at radius 2 is 1.96 bits per heavy atom. The number of piperazine rings is 1. The predicted molar refractivity (Wildman–Crippen MR) is 103 cm³/mol. The summed E-state index contributed by atoms with van der Waals surface area (Å²) in [5.74, 6) is 0.979. The maximum Gasteiger partial charge on any atom is 0.256 e. The van der Waals surface area contributed by atoms with Crippen molar-refractivity contribution < 1.29 is 4.79 Å². The Labute approximate surface area is 152 Å². The van der Waals surface area contributed by atoms with Crippen LogP contribution in [0.1, 0.15) is 33.6 Å². The summed E-state index contributed by atoms with van der Waals surface area (Å²) in [6, 6.07) is 3.96. The number of anilines is 2. The Balaban J connectivity index is 1.42. The first kappa shape index (κ1) is 16.5. The summed E-state index contributed by atoms with van der Waals surface area (Å²) in [7, 11) is 2.15. The largest absolute Gasteiger partial charge is 0.354 e. The standard InChI is InChI=1S/C19H24N4OS/c1-22-8-10-23(11-9-22)18-7-6-14(12-20-18)21-19(24)16-13-25-17-5-3-2-4-15(16)17/h6-7,12-13H,2-5,8-11H2,1H3,(H,21,24). The van der Waals surface area contributed by atoms with Crippen LogP contribution in [0.5, 0.6) is 0 Å². The molecule has 1 amide bonds. The molecule has 0 radical (unpaired) electrons. The number of carbonyl (C=O) groups is 1. The van der Waals surface area contributed by atoms with Crippen LogP contribution in [0.4, 0.5) is 11.5 Å². The molecule has 1 aliphatic carbocycles. The Kier molecular flexibility index (Phi) is 4.72. The van der Waals surface area contributed by atoms with Gasteiger partial charge in [-0.05, 0) is 50.4 Å². The highest BCUT2D eigenvalue weighted by Crippen LogP contribution is 2.30. The van der Waals surface area contributed by atoms with E-state index in [0.717, 1.165) is 56.1 Å². The number of nitrogens with zero attached hydrogens (tertiary/aromatic N) is 3. The lowest BCUT2D eigenvalue weighted by Gasteiger charge is -2.33. The molecular weight excluding hydrogens is 332 g/mol. The molecule has 2 aromatic rings. The van der Waals surface area contributed by atoms with Crippen LogP contribution >= 0.6 is 11.3 Å². The molecule has 1 saturated heterocycles. The highest BCUT2D eigenvalue weighted by molar-refractivity contribution is 7.10. The van der Waals surface area contributed by atoms with Gasteiger partial charge in [0.05, 0.1) is 17.4 Å². The fourth-order valence-corrected chi connectivity index (χ4v) is 4.69. The molecule has 25 heavy (non-hydrogen) atoms. The molecule has 0 atom stereocenters. The van der Waals surface area contributed by atoms with Gasteiger partial charge in [-0.3, -0.25) is 4.79 Å². The number of rotatable bonds is 3. The van der Waals surface area contributed by atoms with Gasteiger partial charge in [0.15, 0.2) is 0 Å².